The summed E-state index contributed by atoms with van der Waals surface area (Å²) in [6.45, 7) is 4.20. The van der Waals surface area contributed by atoms with Gasteiger partial charge in [0.05, 0.1) is 26.5 Å². The molecule has 0 saturated carbocycles. The van der Waals surface area contributed by atoms with E-state index in [1.165, 1.54) is 13.9 Å². The Balaban J connectivity index is 1.81. The SMILES string of the molecule is COc1cc2c(cc1OC)C1C(=CCn3c(=O)n(-c4ccccc4)c(=O)n31)C(C)(C)O2. The highest BCUT2D eigenvalue weighted by molar-refractivity contribution is 5.56. The van der Waals surface area contributed by atoms with Crippen LogP contribution in [-0.2, 0) is 6.54 Å². The number of hydrogen-bond acceptors (Lipinski definition) is 5. The normalized spacial score (nSPS) is 18.2. The van der Waals surface area contributed by atoms with Gasteiger partial charge >= 0.3 is 11.4 Å². The van der Waals surface area contributed by atoms with Gasteiger partial charge in [-0.25, -0.2) is 23.5 Å². The fraction of sp³-hybridized carbons (Fsp3) is 0.304. The zero-order valence-electron chi connectivity index (χ0n) is 17.8. The summed E-state index contributed by atoms with van der Waals surface area (Å²) in [7, 11) is 3.12. The molecule has 31 heavy (non-hydrogen) atoms. The van der Waals surface area contributed by atoms with Crippen LogP contribution in [0.3, 0.4) is 0 Å². The van der Waals surface area contributed by atoms with Crippen LogP contribution in [0.25, 0.3) is 5.69 Å². The second-order valence-corrected chi connectivity index (χ2v) is 8.08. The Morgan fingerprint density at radius 1 is 1.00 bits per heavy atom. The van der Waals surface area contributed by atoms with E-state index in [2.05, 4.69) is 0 Å². The molecule has 2 aromatic carbocycles. The molecule has 0 bridgehead atoms. The Morgan fingerprint density at radius 3 is 2.35 bits per heavy atom. The molecule has 0 aliphatic carbocycles. The number of aromatic nitrogens is 3. The third-order valence-electron chi connectivity index (χ3n) is 5.97. The van der Waals surface area contributed by atoms with E-state index in [9.17, 15) is 9.59 Å². The van der Waals surface area contributed by atoms with Crippen LogP contribution in [0.2, 0.25) is 0 Å². The molecule has 8 heteroatoms. The van der Waals surface area contributed by atoms with Crippen LogP contribution in [0, 0.1) is 0 Å². The maximum Gasteiger partial charge on any atom is 0.352 e. The van der Waals surface area contributed by atoms with Crippen LogP contribution in [-0.4, -0.2) is 33.8 Å². The topological polar surface area (TPSA) is 76.6 Å². The standard InChI is InChI=1S/C23H23N3O5/c1-23(2)16-10-11-24-21(27)25(14-8-6-5-7-9-14)22(28)26(24)20(16)15-12-18(29-3)19(30-4)13-17(15)31-23/h5-10,12-13,20H,11H2,1-4H3. The summed E-state index contributed by atoms with van der Waals surface area (Å²) < 4.78 is 21.4. The van der Waals surface area contributed by atoms with Crippen molar-refractivity contribution in [3.8, 4) is 22.9 Å². The van der Waals surface area contributed by atoms with E-state index in [0.29, 0.717) is 22.9 Å². The first-order chi connectivity index (χ1) is 14.9. The average molecular weight is 421 g/mol. The second-order valence-electron chi connectivity index (χ2n) is 8.08. The van der Waals surface area contributed by atoms with Gasteiger partial charge in [-0.15, -0.1) is 0 Å². The lowest BCUT2D eigenvalue weighted by Gasteiger charge is -2.42. The van der Waals surface area contributed by atoms with Gasteiger partial charge in [-0.2, -0.15) is 0 Å². The summed E-state index contributed by atoms with van der Waals surface area (Å²) in [5.74, 6) is 1.65. The summed E-state index contributed by atoms with van der Waals surface area (Å²) in [4.78, 5) is 26.8. The summed E-state index contributed by atoms with van der Waals surface area (Å²) in [5, 5.41) is 0. The van der Waals surface area contributed by atoms with E-state index in [0.717, 1.165) is 11.1 Å². The van der Waals surface area contributed by atoms with E-state index in [1.807, 2.05) is 32.1 Å². The molecular weight excluding hydrogens is 398 g/mol. The molecule has 0 radical (unpaired) electrons. The molecular formula is C23H23N3O5. The number of nitrogens with zero attached hydrogens (tertiary/aromatic N) is 3. The Morgan fingerprint density at radius 2 is 1.68 bits per heavy atom. The summed E-state index contributed by atoms with van der Waals surface area (Å²) >= 11 is 0. The van der Waals surface area contributed by atoms with Crippen molar-refractivity contribution in [3.63, 3.8) is 0 Å². The molecule has 3 heterocycles. The van der Waals surface area contributed by atoms with Crippen LogP contribution < -0.4 is 25.6 Å². The maximum atomic E-state index is 13.6. The lowest BCUT2D eigenvalue weighted by atomic mass is 9.83. The Bertz CT molecular complexity index is 1330. The zero-order valence-corrected chi connectivity index (χ0v) is 17.8. The van der Waals surface area contributed by atoms with Crippen LogP contribution in [0.4, 0.5) is 0 Å². The lowest BCUT2D eigenvalue weighted by Crippen LogP contribution is -2.46. The molecule has 160 valence electrons. The molecule has 2 aliphatic heterocycles. The van der Waals surface area contributed by atoms with Crippen molar-refractivity contribution in [2.45, 2.75) is 32.0 Å². The molecule has 0 amide bonds. The van der Waals surface area contributed by atoms with E-state index in [1.54, 1.807) is 44.6 Å². The number of rotatable bonds is 3. The molecule has 2 aliphatic rings. The monoisotopic (exact) mass is 421 g/mol. The van der Waals surface area contributed by atoms with E-state index < -0.39 is 17.3 Å². The van der Waals surface area contributed by atoms with Crippen molar-refractivity contribution in [1.82, 2.24) is 13.9 Å². The molecule has 1 aromatic heterocycles. The molecule has 8 nitrogen and oxygen atoms in total. The van der Waals surface area contributed by atoms with Gasteiger partial charge in [-0.1, -0.05) is 24.3 Å². The van der Waals surface area contributed by atoms with Crippen molar-refractivity contribution in [2.24, 2.45) is 0 Å². The minimum absolute atomic E-state index is 0.287. The lowest BCUT2D eigenvalue weighted by molar-refractivity contribution is 0.112. The van der Waals surface area contributed by atoms with Crippen molar-refractivity contribution < 1.29 is 14.2 Å². The van der Waals surface area contributed by atoms with Crippen LogP contribution in [0.5, 0.6) is 17.2 Å². The maximum absolute atomic E-state index is 13.6. The number of para-hydroxylation sites is 1. The number of hydrogen-bond donors (Lipinski definition) is 0. The van der Waals surface area contributed by atoms with E-state index >= 15 is 0 Å². The van der Waals surface area contributed by atoms with Crippen molar-refractivity contribution >= 4 is 0 Å². The van der Waals surface area contributed by atoms with Crippen molar-refractivity contribution in [2.75, 3.05) is 14.2 Å². The molecule has 3 aromatic rings. The molecule has 1 atom stereocenters. The van der Waals surface area contributed by atoms with E-state index in [4.69, 9.17) is 14.2 Å². The van der Waals surface area contributed by atoms with Gasteiger partial charge in [0.15, 0.2) is 11.5 Å². The third kappa shape index (κ3) is 2.67. The Kier molecular flexibility index (Phi) is 4.15. The zero-order chi connectivity index (χ0) is 21.9. The fourth-order valence-electron chi connectivity index (χ4n) is 4.52. The largest absolute Gasteiger partial charge is 0.493 e. The van der Waals surface area contributed by atoms with Crippen molar-refractivity contribution in [3.05, 3.63) is 80.6 Å². The summed E-state index contributed by atoms with van der Waals surface area (Å²) in [5.41, 5.74) is 0.742. The summed E-state index contributed by atoms with van der Waals surface area (Å²) in [6.07, 6.45) is 1.97. The van der Waals surface area contributed by atoms with Gasteiger partial charge in [0.2, 0.25) is 0 Å². The van der Waals surface area contributed by atoms with E-state index in [-0.39, 0.29) is 12.2 Å². The summed E-state index contributed by atoms with van der Waals surface area (Å²) in [6, 6.07) is 12.0. The second kappa shape index (κ2) is 6.66. The predicted molar refractivity (Wildman–Crippen MR) is 115 cm³/mol. The molecule has 0 spiro atoms. The highest BCUT2D eigenvalue weighted by Crippen LogP contribution is 2.49. The number of methoxy groups -OCH3 is 2. The number of benzene rings is 2. The average Bonchev–Trinajstić information content (AvgIpc) is 3.03. The minimum atomic E-state index is -0.674. The number of fused-ring (bicyclic) bond motifs is 5. The molecule has 0 fully saturated rings. The number of ether oxygens (including phenoxy) is 3. The van der Waals surface area contributed by atoms with Gasteiger partial charge < -0.3 is 14.2 Å². The first-order valence-electron chi connectivity index (χ1n) is 10.0. The molecule has 1 unspecified atom stereocenters. The highest BCUT2D eigenvalue weighted by Gasteiger charge is 2.44. The van der Waals surface area contributed by atoms with Gasteiger partial charge in [-0.05, 0) is 37.6 Å². The Labute approximate surface area is 178 Å². The van der Waals surface area contributed by atoms with Crippen molar-refractivity contribution in [1.29, 1.82) is 0 Å². The minimum Gasteiger partial charge on any atom is -0.493 e. The van der Waals surface area contributed by atoms with Gasteiger partial charge in [0.25, 0.3) is 0 Å². The number of allylic oxidation sites excluding steroid dienone is 1. The third-order valence-corrected chi connectivity index (χ3v) is 5.97. The Hall–Kier alpha value is -3.68. The molecule has 0 N–H and O–H groups in total. The van der Waals surface area contributed by atoms with Gasteiger partial charge in [0, 0.05) is 11.6 Å². The fourth-order valence-corrected chi connectivity index (χ4v) is 4.52. The molecule has 0 saturated heterocycles. The highest BCUT2D eigenvalue weighted by atomic mass is 16.5. The molecule has 5 rings (SSSR count). The predicted octanol–water partition coefficient (Wildman–Crippen LogP) is 2.52. The first-order valence-corrected chi connectivity index (χ1v) is 10.0. The van der Waals surface area contributed by atoms with Crippen LogP contribution in [0.15, 0.2) is 63.7 Å². The van der Waals surface area contributed by atoms with Crippen LogP contribution >= 0.6 is 0 Å². The van der Waals surface area contributed by atoms with Gasteiger partial charge in [0.1, 0.15) is 17.4 Å². The van der Waals surface area contributed by atoms with Gasteiger partial charge in [-0.3, -0.25) is 0 Å². The smallest absolute Gasteiger partial charge is 0.352 e. The van der Waals surface area contributed by atoms with Crippen LogP contribution in [0.1, 0.15) is 25.5 Å². The first kappa shape index (κ1) is 19.3. The quantitative estimate of drug-likeness (QED) is 0.608.